The first-order valence-corrected chi connectivity index (χ1v) is 15.9. The molecule has 43 heavy (non-hydrogen) atoms. The maximum atomic E-state index is 13.7. The molecular weight excluding hydrogens is 568 g/mol. The minimum atomic E-state index is -3.95. The molecule has 1 fully saturated rings. The largest absolute Gasteiger partial charge is 0.444 e. The quantitative estimate of drug-likeness (QED) is 0.336. The summed E-state index contributed by atoms with van der Waals surface area (Å²) in [5, 5.41) is 6.53. The van der Waals surface area contributed by atoms with E-state index in [0.29, 0.717) is 48.0 Å². The summed E-state index contributed by atoms with van der Waals surface area (Å²) in [6.07, 6.45) is 0.419. The van der Waals surface area contributed by atoms with E-state index in [1.807, 2.05) is 26.0 Å². The molecule has 0 unspecified atom stereocenters. The number of fused-ring (bicyclic) bond motifs is 1. The minimum absolute atomic E-state index is 0.118. The monoisotopic (exact) mass is 608 g/mol. The second-order valence-corrected chi connectivity index (χ2v) is 13.5. The van der Waals surface area contributed by atoms with Gasteiger partial charge >= 0.3 is 6.09 Å². The molecule has 0 aliphatic carbocycles. The van der Waals surface area contributed by atoms with Crippen LogP contribution in [0, 0.1) is 12.8 Å². The zero-order valence-corrected chi connectivity index (χ0v) is 26.1. The van der Waals surface area contributed by atoms with Crippen LogP contribution in [0.2, 0.25) is 0 Å². The molecule has 1 aliphatic rings. The number of hydrogen-bond acceptors (Lipinski definition) is 6. The van der Waals surface area contributed by atoms with Crippen molar-refractivity contribution in [2.45, 2.75) is 64.0 Å². The van der Waals surface area contributed by atoms with Crippen LogP contribution in [-0.4, -0.2) is 62.5 Å². The summed E-state index contributed by atoms with van der Waals surface area (Å²) in [6, 6.07) is 17.1. The number of nitrogens with one attached hydrogen (secondary N) is 3. The van der Waals surface area contributed by atoms with E-state index in [0.717, 1.165) is 5.56 Å². The summed E-state index contributed by atoms with van der Waals surface area (Å²) >= 11 is 0. The van der Waals surface area contributed by atoms with E-state index >= 15 is 0 Å². The number of alkyl carbamates (subject to hydrolysis) is 1. The SMILES string of the molecule is CC[C@H]1CN(C(=O)CNC(=O)OC(C)(C)C)CC[C@H]1NS(=O)(=O)c1ccc(NC(=O)c2ccccc2C)c2ccccc12. The van der Waals surface area contributed by atoms with Gasteiger partial charge in [0.25, 0.3) is 5.91 Å². The molecule has 0 aromatic heterocycles. The third-order valence-corrected chi connectivity index (χ3v) is 9.06. The van der Waals surface area contributed by atoms with E-state index in [2.05, 4.69) is 15.4 Å². The van der Waals surface area contributed by atoms with Crippen LogP contribution in [0.1, 0.15) is 56.5 Å². The third kappa shape index (κ3) is 7.91. The number of hydrogen-bond donors (Lipinski definition) is 3. The molecular formula is C32H40N4O6S. The van der Waals surface area contributed by atoms with E-state index in [4.69, 9.17) is 4.74 Å². The van der Waals surface area contributed by atoms with Crippen molar-refractivity contribution < 1.29 is 27.5 Å². The van der Waals surface area contributed by atoms with Crippen LogP contribution < -0.4 is 15.4 Å². The van der Waals surface area contributed by atoms with Crippen LogP contribution in [-0.2, 0) is 19.6 Å². The van der Waals surface area contributed by atoms with E-state index in [1.54, 1.807) is 68.1 Å². The second-order valence-electron chi connectivity index (χ2n) is 11.8. The maximum absolute atomic E-state index is 13.7. The number of aryl methyl sites for hydroxylation is 1. The van der Waals surface area contributed by atoms with Gasteiger partial charge in [0.05, 0.1) is 4.90 Å². The van der Waals surface area contributed by atoms with Gasteiger partial charge in [0.1, 0.15) is 12.1 Å². The van der Waals surface area contributed by atoms with Gasteiger partial charge in [-0.2, -0.15) is 0 Å². The Bertz CT molecular complexity index is 1620. The Morgan fingerprint density at radius 2 is 1.65 bits per heavy atom. The molecule has 1 saturated heterocycles. The molecule has 0 radical (unpaired) electrons. The van der Waals surface area contributed by atoms with Gasteiger partial charge in [0.2, 0.25) is 15.9 Å². The topological polar surface area (TPSA) is 134 Å². The van der Waals surface area contributed by atoms with Crippen molar-refractivity contribution in [3.63, 3.8) is 0 Å². The first-order valence-electron chi connectivity index (χ1n) is 14.4. The standard InChI is InChI=1S/C32H40N4O6S/c1-6-22-20-36(29(37)19-33-31(39)42-32(3,4)5)18-17-26(22)35-43(40,41)28-16-15-27(24-13-9-10-14-25(24)28)34-30(38)23-12-8-7-11-21(23)2/h7-16,22,26,35H,6,17-20H2,1-5H3,(H,33,39)(H,34,38)/t22-,26+/m0/s1. The highest BCUT2D eigenvalue weighted by Crippen LogP contribution is 2.31. The molecule has 3 aromatic rings. The van der Waals surface area contributed by atoms with Gasteiger partial charge in [-0.15, -0.1) is 0 Å². The van der Waals surface area contributed by atoms with Crippen LogP contribution in [0.4, 0.5) is 10.5 Å². The highest BCUT2D eigenvalue weighted by atomic mass is 32.2. The summed E-state index contributed by atoms with van der Waals surface area (Å²) in [6.45, 7) is 9.57. The number of sulfonamides is 1. The van der Waals surface area contributed by atoms with E-state index in [1.165, 1.54) is 6.07 Å². The van der Waals surface area contributed by atoms with Gasteiger partial charge in [-0.05, 0) is 63.8 Å². The predicted octanol–water partition coefficient (Wildman–Crippen LogP) is 4.83. The van der Waals surface area contributed by atoms with Crippen LogP contribution in [0.3, 0.4) is 0 Å². The molecule has 0 bridgehead atoms. The summed E-state index contributed by atoms with van der Waals surface area (Å²) in [5.74, 6) is -0.641. The number of likely N-dealkylation sites (tertiary alicyclic amines) is 1. The van der Waals surface area contributed by atoms with Crippen LogP contribution >= 0.6 is 0 Å². The molecule has 4 rings (SSSR count). The number of anilines is 1. The molecule has 3 amide bonds. The summed E-state index contributed by atoms with van der Waals surface area (Å²) in [7, 11) is -3.95. The molecule has 1 aliphatic heterocycles. The predicted molar refractivity (Wildman–Crippen MR) is 166 cm³/mol. The Balaban J connectivity index is 1.47. The zero-order chi connectivity index (χ0) is 31.4. The van der Waals surface area contributed by atoms with Crippen molar-refractivity contribution >= 4 is 44.4 Å². The van der Waals surface area contributed by atoms with Crippen molar-refractivity contribution in [1.82, 2.24) is 14.9 Å². The fraction of sp³-hybridized carbons (Fsp3) is 0.406. The van der Waals surface area contributed by atoms with Gasteiger partial charge in [0.15, 0.2) is 0 Å². The molecule has 10 nitrogen and oxygen atoms in total. The Labute approximate surface area is 253 Å². The van der Waals surface area contributed by atoms with Crippen LogP contribution in [0.15, 0.2) is 65.6 Å². The Hall–Kier alpha value is -3.96. The van der Waals surface area contributed by atoms with Crippen molar-refractivity contribution in [3.8, 4) is 0 Å². The number of piperidine rings is 1. The maximum Gasteiger partial charge on any atom is 0.408 e. The number of carbonyl (C=O) groups is 3. The normalized spacial score (nSPS) is 17.4. The summed E-state index contributed by atoms with van der Waals surface area (Å²) < 4.78 is 35.6. The van der Waals surface area contributed by atoms with Crippen molar-refractivity contribution in [2.75, 3.05) is 25.0 Å². The van der Waals surface area contributed by atoms with E-state index in [9.17, 15) is 22.8 Å². The fourth-order valence-corrected chi connectivity index (χ4v) is 6.85. The van der Waals surface area contributed by atoms with Gasteiger partial charge < -0.3 is 20.3 Å². The lowest BCUT2D eigenvalue weighted by Crippen LogP contribution is -2.53. The zero-order valence-electron chi connectivity index (χ0n) is 25.3. The number of amides is 3. The van der Waals surface area contributed by atoms with Crippen LogP contribution in [0.5, 0.6) is 0 Å². The lowest BCUT2D eigenvalue weighted by atomic mass is 9.90. The smallest absolute Gasteiger partial charge is 0.408 e. The Morgan fingerprint density at radius 3 is 2.33 bits per heavy atom. The average molecular weight is 609 g/mol. The Kier molecular flexibility index (Phi) is 9.76. The van der Waals surface area contributed by atoms with Crippen molar-refractivity contribution in [2.24, 2.45) is 5.92 Å². The molecule has 11 heteroatoms. The molecule has 3 aromatic carbocycles. The average Bonchev–Trinajstić information content (AvgIpc) is 2.95. The number of benzene rings is 3. The number of rotatable bonds is 8. The molecule has 1 heterocycles. The molecule has 2 atom stereocenters. The molecule has 0 spiro atoms. The first-order chi connectivity index (χ1) is 20.3. The third-order valence-electron chi connectivity index (χ3n) is 7.51. The minimum Gasteiger partial charge on any atom is -0.444 e. The first kappa shape index (κ1) is 32.0. The summed E-state index contributed by atoms with van der Waals surface area (Å²) in [4.78, 5) is 39.5. The van der Waals surface area contributed by atoms with Gasteiger partial charge in [-0.25, -0.2) is 17.9 Å². The summed E-state index contributed by atoms with van der Waals surface area (Å²) in [5.41, 5.74) is 1.23. The van der Waals surface area contributed by atoms with Crippen molar-refractivity contribution in [1.29, 1.82) is 0 Å². The number of ether oxygens (including phenoxy) is 1. The van der Waals surface area contributed by atoms with Gasteiger partial charge in [-0.1, -0.05) is 55.8 Å². The van der Waals surface area contributed by atoms with Gasteiger partial charge in [-0.3, -0.25) is 9.59 Å². The molecule has 0 saturated carbocycles. The Morgan fingerprint density at radius 1 is 0.977 bits per heavy atom. The van der Waals surface area contributed by atoms with E-state index < -0.39 is 21.7 Å². The lowest BCUT2D eigenvalue weighted by Gasteiger charge is -2.38. The molecule has 230 valence electrons. The molecule has 3 N–H and O–H groups in total. The van der Waals surface area contributed by atoms with Crippen LogP contribution in [0.25, 0.3) is 10.8 Å². The highest BCUT2D eigenvalue weighted by molar-refractivity contribution is 7.89. The van der Waals surface area contributed by atoms with Gasteiger partial charge in [0, 0.05) is 41.2 Å². The van der Waals surface area contributed by atoms with E-state index in [-0.39, 0.29) is 35.2 Å². The highest BCUT2D eigenvalue weighted by Gasteiger charge is 2.34. The second kappa shape index (κ2) is 13.1. The number of carbonyl (C=O) groups excluding carboxylic acids is 3. The lowest BCUT2D eigenvalue weighted by molar-refractivity contribution is -0.132. The number of nitrogens with zero attached hydrogens (tertiary/aromatic N) is 1. The fourth-order valence-electron chi connectivity index (χ4n) is 5.30. The van der Waals surface area contributed by atoms with Crippen molar-refractivity contribution in [3.05, 3.63) is 71.8 Å².